The van der Waals surface area contributed by atoms with Crippen LogP contribution < -0.4 is 21.5 Å². The summed E-state index contributed by atoms with van der Waals surface area (Å²) in [7, 11) is 0. The Bertz CT molecular complexity index is 977. The van der Waals surface area contributed by atoms with Crippen LogP contribution in [0.2, 0.25) is 0 Å². The zero-order valence-electron chi connectivity index (χ0n) is 17.7. The molecule has 5 heterocycles. The van der Waals surface area contributed by atoms with Crippen molar-refractivity contribution in [3.63, 3.8) is 0 Å². The Balaban J connectivity index is 1.38. The summed E-state index contributed by atoms with van der Waals surface area (Å²) in [5.74, 6) is 0.478. The van der Waals surface area contributed by atoms with Crippen molar-refractivity contribution in [1.82, 2.24) is 25.7 Å². The fourth-order valence-corrected chi connectivity index (χ4v) is 5.41. The number of pyridine rings is 2. The maximum atomic E-state index is 15.2. The van der Waals surface area contributed by atoms with E-state index >= 15 is 4.39 Å². The number of nitrogens with zero attached hydrogens (tertiary/aromatic N) is 4. The van der Waals surface area contributed by atoms with Crippen LogP contribution in [0, 0.1) is 17.1 Å². The van der Waals surface area contributed by atoms with Gasteiger partial charge >= 0.3 is 0 Å². The van der Waals surface area contributed by atoms with Crippen molar-refractivity contribution in [1.29, 1.82) is 5.26 Å². The van der Waals surface area contributed by atoms with E-state index in [1.165, 1.54) is 12.8 Å². The number of nitrogens with one attached hydrogen (secondary N) is 4. The third-order valence-corrected chi connectivity index (χ3v) is 6.81. The summed E-state index contributed by atoms with van der Waals surface area (Å²) in [6.07, 6.45) is 7.31. The van der Waals surface area contributed by atoms with Gasteiger partial charge in [-0.2, -0.15) is 5.26 Å². The smallest absolute Gasteiger partial charge is 0.191 e. The van der Waals surface area contributed by atoms with Crippen LogP contribution in [0.25, 0.3) is 10.9 Å². The maximum Gasteiger partial charge on any atom is 0.191 e. The number of halogens is 1. The molecule has 9 heteroatoms. The number of fused-ring (bicyclic) bond motifs is 3. The second-order valence-corrected chi connectivity index (χ2v) is 8.99. The molecule has 4 N–H and O–H groups in total. The van der Waals surface area contributed by atoms with E-state index in [2.05, 4.69) is 49.3 Å². The Labute approximate surface area is 181 Å². The number of hydrazine groups is 1. The molecule has 2 aromatic rings. The topological polar surface area (TPSA) is 101 Å². The minimum absolute atomic E-state index is 0.0924. The third-order valence-electron chi connectivity index (χ3n) is 6.81. The minimum Gasteiger partial charge on any atom is -0.367 e. The highest BCUT2D eigenvalue weighted by atomic mass is 19.1. The molecular weight excluding hydrogens is 395 g/mol. The average molecular weight is 425 g/mol. The molecule has 0 spiro atoms. The van der Waals surface area contributed by atoms with Crippen LogP contribution >= 0.6 is 0 Å². The zero-order valence-corrected chi connectivity index (χ0v) is 17.7. The minimum atomic E-state index is -0.422. The average Bonchev–Trinajstić information content (AvgIpc) is 3.28. The van der Waals surface area contributed by atoms with Gasteiger partial charge in [0.25, 0.3) is 0 Å². The molecule has 0 radical (unpaired) electrons. The van der Waals surface area contributed by atoms with Crippen molar-refractivity contribution >= 4 is 22.5 Å². The Kier molecular flexibility index (Phi) is 5.61. The predicted molar refractivity (Wildman–Crippen MR) is 118 cm³/mol. The van der Waals surface area contributed by atoms with Crippen LogP contribution in [-0.4, -0.2) is 51.7 Å². The monoisotopic (exact) mass is 424 g/mol. The number of hydrogen-bond acceptors (Lipinski definition) is 8. The Morgan fingerprint density at radius 2 is 2.00 bits per heavy atom. The second-order valence-electron chi connectivity index (χ2n) is 8.99. The Morgan fingerprint density at radius 3 is 2.71 bits per heavy atom. The molecule has 31 heavy (non-hydrogen) atoms. The van der Waals surface area contributed by atoms with E-state index in [0.717, 1.165) is 25.8 Å². The van der Waals surface area contributed by atoms with Crippen molar-refractivity contribution in [3.05, 3.63) is 24.1 Å². The molecule has 0 amide bonds. The van der Waals surface area contributed by atoms with Crippen molar-refractivity contribution < 1.29 is 4.39 Å². The number of rotatable bonds is 6. The van der Waals surface area contributed by atoms with Crippen molar-refractivity contribution in [2.75, 3.05) is 17.2 Å². The van der Waals surface area contributed by atoms with Gasteiger partial charge in [-0.05, 0) is 51.2 Å². The first-order chi connectivity index (χ1) is 15.1. The van der Waals surface area contributed by atoms with Gasteiger partial charge in [0.1, 0.15) is 11.3 Å². The summed E-state index contributed by atoms with van der Waals surface area (Å²) in [6, 6.07) is 7.55. The molecule has 3 unspecified atom stereocenters. The van der Waals surface area contributed by atoms with E-state index < -0.39 is 5.82 Å². The molecule has 5 atom stereocenters. The molecule has 2 bridgehead atoms. The lowest BCUT2D eigenvalue weighted by molar-refractivity contribution is 0.136. The zero-order chi connectivity index (χ0) is 21.4. The highest BCUT2D eigenvalue weighted by molar-refractivity contribution is 5.91. The van der Waals surface area contributed by atoms with Crippen molar-refractivity contribution in [2.45, 2.75) is 75.8 Å². The van der Waals surface area contributed by atoms with E-state index in [1.54, 1.807) is 6.20 Å². The van der Waals surface area contributed by atoms with Gasteiger partial charge in [-0.15, -0.1) is 0 Å². The quantitative estimate of drug-likeness (QED) is 0.562. The molecule has 8 nitrogen and oxygen atoms in total. The van der Waals surface area contributed by atoms with Crippen LogP contribution in [0.5, 0.6) is 0 Å². The van der Waals surface area contributed by atoms with E-state index in [0.29, 0.717) is 41.3 Å². The van der Waals surface area contributed by atoms with E-state index in [1.807, 2.05) is 12.1 Å². The lowest BCUT2D eigenvalue weighted by Crippen LogP contribution is -2.47. The summed E-state index contributed by atoms with van der Waals surface area (Å²) in [4.78, 5) is 11.5. The molecule has 0 aromatic carbocycles. The third kappa shape index (κ3) is 4.03. The Hall–Kier alpha value is -2.54. The number of hydrogen-bond donors (Lipinski definition) is 4. The molecule has 0 aliphatic carbocycles. The molecule has 5 rings (SSSR count). The van der Waals surface area contributed by atoms with Crippen LogP contribution in [0.1, 0.15) is 45.4 Å². The lowest BCUT2D eigenvalue weighted by Gasteiger charge is -2.39. The van der Waals surface area contributed by atoms with E-state index in [4.69, 9.17) is 5.26 Å². The summed E-state index contributed by atoms with van der Waals surface area (Å²) in [5.41, 5.74) is 6.61. The van der Waals surface area contributed by atoms with Gasteiger partial charge < -0.3 is 10.6 Å². The molecule has 3 aliphatic heterocycles. The first-order valence-corrected chi connectivity index (χ1v) is 11.2. The van der Waals surface area contributed by atoms with E-state index in [9.17, 15) is 0 Å². The highest BCUT2D eigenvalue weighted by Crippen LogP contribution is 2.38. The fraction of sp³-hybridized carbons (Fsp3) is 0.591. The van der Waals surface area contributed by atoms with Crippen LogP contribution in [-0.2, 0) is 0 Å². The molecule has 0 saturated carbocycles. The molecule has 3 saturated heterocycles. The van der Waals surface area contributed by atoms with Gasteiger partial charge in [-0.1, -0.05) is 0 Å². The second kappa shape index (κ2) is 8.54. The summed E-state index contributed by atoms with van der Waals surface area (Å²) >= 11 is 0. The molecule has 2 aromatic heterocycles. The molecule has 3 aliphatic rings. The summed E-state index contributed by atoms with van der Waals surface area (Å²) in [6.45, 7) is 2.93. The number of nitriles is 1. The fourth-order valence-electron chi connectivity index (χ4n) is 5.41. The van der Waals surface area contributed by atoms with Crippen molar-refractivity contribution in [2.24, 2.45) is 0 Å². The van der Waals surface area contributed by atoms with Crippen LogP contribution in [0.15, 0.2) is 18.3 Å². The predicted octanol–water partition coefficient (Wildman–Crippen LogP) is 2.71. The summed E-state index contributed by atoms with van der Waals surface area (Å²) < 4.78 is 15.2. The maximum absolute atomic E-state index is 15.2. The first kappa shape index (κ1) is 20.4. The van der Waals surface area contributed by atoms with Crippen LogP contribution in [0.4, 0.5) is 16.0 Å². The lowest BCUT2D eigenvalue weighted by atomic mass is 9.97. The Morgan fingerprint density at radius 1 is 1.19 bits per heavy atom. The normalized spacial score (nSPS) is 30.4. The van der Waals surface area contributed by atoms with Gasteiger partial charge in [0.2, 0.25) is 0 Å². The van der Waals surface area contributed by atoms with Crippen molar-refractivity contribution in [3.8, 4) is 6.07 Å². The molecule has 164 valence electrons. The number of aromatic nitrogens is 2. The van der Waals surface area contributed by atoms with Gasteiger partial charge in [0, 0.05) is 48.7 Å². The summed E-state index contributed by atoms with van der Waals surface area (Å²) in [5, 5.41) is 16.5. The molecular formula is C22H29FN8. The number of anilines is 2. The largest absolute Gasteiger partial charge is 0.367 e. The highest BCUT2D eigenvalue weighted by Gasteiger charge is 2.40. The van der Waals surface area contributed by atoms with E-state index in [-0.39, 0.29) is 18.0 Å². The van der Waals surface area contributed by atoms with Gasteiger partial charge in [0.05, 0.1) is 12.2 Å². The standard InChI is InChI=1S/C22H29FN8/c1-13-10-18(30-29-13)27-22-19(23)20-17(4-2-8-25-20)21(28-22)26-14-11-15-5-6-16(12-14)31(15)9-3-7-24/h2,4,8,13-16,18,29-30H,3,5-6,9-12H2,1H3,(H2,26,27,28)/t13?,14?,15-,16+,18?. The van der Waals surface area contributed by atoms with Crippen LogP contribution in [0.3, 0.4) is 0 Å². The van der Waals surface area contributed by atoms with Gasteiger partial charge in [-0.25, -0.2) is 14.8 Å². The van der Waals surface area contributed by atoms with Gasteiger partial charge in [-0.3, -0.25) is 15.3 Å². The SMILES string of the molecule is CC1CC(Nc2nc(NC3C[C@H]4CC[C@@H](C3)N4CCC#N)c3cccnc3c2F)NN1. The first-order valence-electron chi connectivity index (χ1n) is 11.2. The molecule has 3 fully saturated rings. The number of piperidine rings is 1. The van der Waals surface area contributed by atoms with Gasteiger partial charge in [0.15, 0.2) is 11.6 Å².